The van der Waals surface area contributed by atoms with Crippen molar-refractivity contribution in [2.45, 2.75) is 32.0 Å². The molecule has 3 amide bonds. The molecule has 42 heavy (non-hydrogen) atoms. The lowest BCUT2D eigenvalue weighted by Gasteiger charge is -2.32. The fourth-order valence-electron chi connectivity index (χ4n) is 4.41. The Morgan fingerprint density at radius 1 is 1.05 bits per heavy atom. The zero-order valence-corrected chi connectivity index (χ0v) is 23.6. The molecular weight excluding hydrogens is 575 g/mol. The Labute approximate surface area is 245 Å². The summed E-state index contributed by atoms with van der Waals surface area (Å²) in [6.07, 6.45) is -1.80. The van der Waals surface area contributed by atoms with Crippen molar-refractivity contribution in [3.8, 4) is 0 Å². The number of anilines is 4. The van der Waals surface area contributed by atoms with Crippen molar-refractivity contribution in [3.63, 3.8) is 0 Å². The van der Waals surface area contributed by atoms with Crippen molar-refractivity contribution in [2.24, 2.45) is 0 Å². The van der Waals surface area contributed by atoms with E-state index in [4.69, 9.17) is 11.6 Å². The molecule has 1 aliphatic rings. The molecule has 0 bridgehead atoms. The Bertz CT molecular complexity index is 1480. The number of aryl methyl sites for hydroxylation is 1. The van der Waals surface area contributed by atoms with Gasteiger partial charge in [-0.2, -0.15) is 18.2 Å². The maximum Gasteiger partial charge on any atom is 0.416 e. The Morgan fingerprint density at radius 2 is 1.79 bits per heavy atom. The molecule has 3 aromatic rings. The first-order valence-corrected chi connectivity index (χ1v) is 13.6. The number of likely N-dealkylation sites (tertiary alicyclic amines) is 1. The SMILES string of the molecule is CNc1nc(NC2CCN(C(=O)CCl)CC2)ncc1C(=O)Nc1cc(NC(=O)c2cccc(C(F)(F)F)c2)ccc1C. The fourth-order valence-corrected chi connectivity index (χ4v) is 4.58. The highest BCUT2D eigenvalue weighted by molar-refractivity contribution is 6.27. The van der Waals surface area contributed by atoms with Gasteiger partial charge in [0.05, 0.1) is 5.56 Å². The van der Waals surface area contributed by atoms with E-state index in [1.807, 2.05) is 0 Å². The third-order valence-corrected chi connectivity index (χ3v) is 6.99. The van der Waals surface area contributed by atoms with Crippen LogP contribution >= 0.6 is 11.6 Å². The molecule has 10 nitrogen and oxygen atoms in total. The van der Waals surface area contributed by atoms with E-state index in [0.29, 0.717) is 43.1 Å². The van der Waals surface area contributed by atoms with Crippen LogP contribution < -0.4 is 21.3 Å². The van der Waals surface area contributed by atoms with Crippen molar-refractivity contribution in [1.82, 2.24) is 14.9 Å². The molecule has 0 radical (unpaired) electrons. The number of aromatic nitrogens is 2. The second-order valence-electron chi connectivity index (χ2n) is 9.66. The fraction of sp³-hybridized carbons (Fsp3) is 0.321. The minimum absolute atomic E-state index is 0.0466. The number of nitrogens with one attached hydrogen (secondary N) is 4. The molecule has 222 valence electrons. The molecule has 0 atom stereocenters. The van der Waals surface area contributed by atoms with Gasteiger partial charge in [-0.15, -0.1) is 11.6 Å². The van der Waals surface area contributed by atoms with Gasteiger partial charge >= 0.3 is 6.18 Å². The quantitative estimate of drug-likeness (QED) is 0.267. The number of halogens is 4. The van der Waals surface area contributed by atoms with Crippen LogP contribution in [0.25, 0.3) is 0 Å². The highest BCUT2D eigenvalue weighted by atomic mass is 35.5. The summed E-state index contributed by atoms with van der Waals surface area (Å²) >= 11 is 5.64. The summed E-state index contributed by atoms with van der Waals surface area (Å²) in [7, 11) is 1.62. The lowest BCUT2D eigenvalue weighted by atomic mass is 10.1. The van der Waals surface area contributed by atoms with Crippen LogP contribution in [0.4, 0.5) is 36.3 Å². The van der Waals surface area contributed by atoms with Crippen molar-refractivity contribution in [3.05, 3.63) is 70.9 Å². The lowest BCUT2D eigenvalue weighted by Crippen LogP contribution is -2.43. The zero-order valence-electron chi connectivity index (χ0n) is 22.8. The third kappa shape index (κ3) is 7.46. The first-order valence-electron chi connectivity index (χ1n) is 13.0. The van der Waals surface area contributed by atoms with Gasteiger partial charge in [-0.05, 0) is 55.7 Å². The van der Waals surface area contributed by atoms with Crippen LogP contribution in [0, 0.1) is 6.92 Å². The predicted molar refractivity (Wildman–Crippen MR) is 154 cm³/mol. The van der Waals surface area contributed by atoms with Gasteiger partial charge in [0, 0.05) is 49.3 Å². The average Bonchev–Trinajstić information content (AvgIpc) is 2.98. The number of amides is 3. The summed E-state index contributed by atoms with van der Waals surface area (Å²) in [5.41, 5.74) is 0.425. The molecular formula is C28H29ClF3N7O3. The summed E-state index contributed by atoms with van der Waals surface area (Å²) in [6.45, 7) is 2.89. The van der Waals surface area contributed by atoms with Gasteiger partial charge in [0.2, 0.25) is 11.9 Å². The average molecular weight is 604 g/mol. The van der Waals surface area contributed by atoms with E-state index < -0.39 is 23.6 Å². The molecule has 4 N–H and O–H groups in total. The van der Waals surface area contributed by atoms with Gasteiger partial charge in [0.1, 0.15) is 17.3 Å². The van der Waals surface area contributed by atoms with Gasteiger partial charge < -0.3 is 26.2 Å². The van der Waals surface area contributed by atoms with Crippen LogP contribution in [0.3, 0.4) is 0 Å². The highest BCUT2D eigenvalue weighted by Gasteiger charge is 2.31. The summed E-state index contributed by atoms with van der Waals surface area (Å²) in [6, 6.07) is 8.90. The topological polar surface area (TPSA) is 128 Å². The van der Waals surface area contributed by atoms with Crippen molar-refractivity contribution in [1.29, 1.82) is 0 Å². The minimum Gasteiger partial charge on any atom is -0.372 e. The maximum absolute atomic E-state index is 13.2. The summed E-state index contributed by atoms with van der Waals surface area (Å²) < 4.78 is 39.1. The Balaban J connectivity index is 1.43. The number of nitrogens with zero attached hydrogens (tertiary/aromatic N) is 3. The monoisotopic (exact) mass is 603 g/mol. The van der Waals surface area contributed by atoms with Crippen molar-refractivity contribution < 1.29 is 27.6 Å². The molecule has 1 saturated heterocycles. The Hall–Kier alpha value is -4.39. The summed E-state index contributed by atoms with van der Waals surface area (Å²) in [4.78, 5) is 48.0. The van der Waals surface area contributed by atoms with E-state index in [-0.39, 0.29) is 40.5 Å². The van der Waals surface area contributed by atoms with Crippen LogP contribution in [0.2, 0.25) is 0 Å². The Kier molecular flexibility index (Phi) is 9.51. The van der Waals surface area contributed by atoms with Crippen LogP contribution in [0.1, 0.15) is 44.7 Å². The van der Waals surface area contributed by atoms with E-state index >= 15 is 0 Å². The second kappa shape index (κ2) is 13.1. The van der Waals surface area contributed by atoms with Crippen molar-refractivity contribution in [2.75, 3.05) is 47.3 Å². The van der Waals surface area contributed by atoms with Gasteiger partial charge in [-0.25, -0.2) is 4.98 Å². The zero-order chi connectivity index (χ0) is 30.4. The number of carbonyl (C=O) groups excluding carboxylic acids is 3. The van der Waals surface area contributed by atoms with E-state index in [1.165, 1.54) is 18.3 Å². The molecule has 2 aromatic carbocycles. The van der Waals surface area contributed by atoms with Crippen LogP contribution in [0.15, 0.2) is 48.7 Å². The number of alkyl halides is 4. The van der Waals surface area contributed by atoms with E-state index in [2.05, 4.69) is 31.2 Å². The summed E-state index contributed by atoms with van der Waals surface area (Å²) in [5, 5.41) is 11.5. The number of carbonyl (C=O) groups is 3. The van der Waals surface area contributed by atoms with Gasteiger partial charge in [-0.3, -0.25) is 14.4 Å². The largest absolute Gasteiger partial charge is 0.416 e. The number of benzene rings is 2. The van der Waals surface area contributed by atoms with Gasteiger partial charge in [0.25, 0.3) is 11.8 Å². The first kappa shape index (κ1) is 30.6. The number of hydrogen-bond acceptors (Lipinski definition) is 7. The third-order valence-electron chi connectivity index (χ3n) is 6.76. The summed E-state index contributed by atoms with van der Waals surface area (Å²) in [5.74, 6) is -0.775. The normalized spacial score (nSPS) is 13.8. The van der Waals surface area contributed by atoms with Crippen molar-refractivity contribution >= 4 is 52.5 Å². The molecule has 14 heteroatoms. The second-order valence-corrected chi connectivity index (χ2v) is 9.92. The predicted octanol–water partition coefficient (Wildman–Crippen LogP) is 4.99. The Morgan fingerprint density at radius 3 is 2.45 bits per heavy atom. The molecule has 4 rings (SSSR count). The minimum atomic E-state index is -4.58. The van der Waals surface area contributed by atoms with Gasteiger partial charge in [0.15, 0.2) is 0 Å². The molecule has 0 saturated carbocycles. The maximum atomic E-state index is 13.2. The van der Waals surface area contributed by atoms with Gasteiger partial charge in [-0.1, -0.05) is 12.1 Å². The van der Waals surface area contributed by atoms with Crippen LogP contribution in [0.5, 0.6) is 0 Å². The van der Waals surface area contributed by atoms with E-state index in [1.54, 1.807) is 31.0 Å². The first-order chi connectivity index (χ1) is 20.0. The van der Waals surface area contributed by atoms with Crippen LogP contribution in [-0.4, -0.2) is 64.6 Å². The van der Waals surface area contributed by atoms with Crippen LogP contribution in [-0.2, 0) is 11.0 Å². The van der Waals surface area contributed by atoms with E-state index in [9.17, 15) is 27.6 Å². The molecule has 0 spiro atoms. The molecule has 1 aromatic heterocycles. The van der Waals surface area contributed by atoms with E-state index in [0.717, 1.165) is 18.2 Å². The lowest BCUT2D eigenvalue weighted by molar-refractivity contribution is -0.137. The molecule has 0 aliphatic carbocycles. The number of hydrogen-bond donors (Lipinski definition) is 4. The molecule has 2 heterocycles. The smallest absolute Gasteiger partial charge is 0.372 e. The molecule has 1 fully saturated rings. The highest BCUT2D eigenvalue weighted by Crippen LogP contribution is 2.30. The number of rotatable bonds is 8. The molecule has 1 aliphatic heterocycles. The standard InChI is InChI=1S/C28H29ClF3N7O3/c1-16-6-7-20(35-25(41)17-4-3-5-18(12-17)28(30,31)32)13-22(16)37-26(42)21-15-34-27(38-24(21)33-2)36-19-8-10-39(11-9-19)23(40)14-29/h3-7,12-13,15,19H,8-11,14H2,1-2H3,(H,35,41)(H,37,42)(H2,33,34,36,38). The number of piperidine rings is 1. The molecule has 0 unspecified atom stereocenters.